The number of benzene rings is 2. The summed E-state index contributed by atoms with van der Waals surface area (Å²) in [5.74, 6) is -0.343. The highest BCUT2D eigenvalue weighted by Crippen LogP contribution is 2.19. The molecule has 0 spiro atoms. The summed E-state index contributed by atoms with van der Waals surface area (Å²) in [5, 5.41) is 5.85. The van der Waals surface area contributed by atoms with Gasteiger partial charge in [0, 0.05) is 18.4 Å². The summed E-state index contributed by atoms with van der Waals surface area (Å²) in [7, 11) is 0. The zero-order valence-corrected chi connectivity index (χ0v) is 19.9. The Balaban J connectivity index is 1.65. The number of urea groups is 1. The van der Waals surface area contributed by atoms with Crippen molar-refractivity contribution >= 4 is 12.0 Å². The number of esters is 1. The summed E-state index contributed by atoms with van der Waals surface area (Å²) in [6, 6.07) is 17.0. The quantitative estimate of drug-likeness (QED) is 0.456. The van der Waals surface area contributed by atoms with E-state index in [0.29, 0.717) is 13.2 Å². The first-order chi connectivity index (χ1) is 15.9. The van der Waals surface area contributed by atoms with Crippen LogP contribution in [-0.2, 0) is 22.6 Å². The average Bonchev–Trinajstić information content (AvgIpc) is 3.22. The van der Waals surface area contributed by atoms with Crippen molar-refractivity contribution < 1.29 is 14.3 Å². The normalized spacial score (nSPS) is 11.6. The van der Waals surface area contributed by atoms with Crippen molar-refractivity contribution in [3.05, 3.63) is 94.3 Å². The minimum atomic E-state index is -0.463. The van der Waals surface area contributed by atoms with Crippen molar-refractivity contribution in [2.45, 2.75) is 53.2 Å². The van der Waals surface area contributed by atoms with Crippen LogP contribution in [0.5, 0.6) is 0 Å². The van der Waals surface area contributed by atoms with Gasteiger partial charge in [-0.05, 0) is 62.1 Å². The highest BCUT2D eigenvalue weighted by atomic mass is 16.5. The Hall–Kier alpha value is -3.54. The Morgan fingerprint density at radius 3 is 2.36 bits per heavy atom. The molecule has 1 heterocycles. The van der Waals surface area contributed by atoms with E-state index in [1.807, 2.05) is 48.7 Å². The van der Waals surface area contributed by atoms with Crippen LogP contribution in [0.1, 0.15) is 52.9 Å². The molecule has 6 nitrogen and oxygen atoms in total. The van der Waals surface area contributed by atoms with Crippen LogP contribution in [0.4, 0.5) is 4.79 Å². The van der Waals surface area contributed by atoms with Crippen LogP contribution >= 0.6 is 0 Å². The second-order valence-electron chi connectivity index (χ2n) is 8.30. The maximum absolute atomic E-state index is 12.7. The summed E-state index contributed by atoms with van der Waals surface area (Å²) in [6.45, 7) is 9.59. The van der Waals surface area contributed by atoms with E-state index in [2.05, 4.69) is 48.1 Å². The minimum absolute atomic E-state index is 0.0770. The van der Waals surface area contributed by atoms with Gasteiger partial charge in [-0.3, -0.25) is 4.79 Å². The first kappa shape index (κ1) is 24.1. The number of carbonyl (C=O) groups is 2. The van der Waals surface area contributed by atoms with Crippen LogP contribution in [0.3, 0.4) is 0 Å². The Morgan fingerprint density at radius 1 is 1.00 bits per heavy atom. The molecule has 174 valence electrons. The third kappa shape index (κ3) is 6.72. The summed E-state index contributed by atoms with van der Waals surface area (Å²) >= 11 is 0. The van der Waals surface area contributed by atoms with Crippen LogP contribution in [0.2, 0.25) is 0 Å². The molecule has 2 aromatic carbocycles. The zero-order chi connectivity index (χ0) is 23.8. The third-order valence-corrected chi connectivity index (χ3v) is 5.71. The fraction of sp³-hybridized carbons (Fsp3) is 0.333. The number of hydrogen-bond acceptors (Lipinski definition) is 3. The molecule has 0 aliphatic carbocycles. The van der Waals surface area contributed by atoms with Gasteiger partial charge in [0.2, 0.25) is 0 Å². The van der Waals surface area contributed by atoms with Crippen LogP contribution in [0.15, 0.2) is 60.8 Å². The van der Waals surface area contributed by atoms with E-state index >= 15 is 0 Å². The van der Waals surface area contributed by atoms with Gasteiger partial charge in [-0.1, -0.05) is 48.0 Å². The number of nitrogens with one attached hydrogen (secondary N) is 2. The fourth-order valence-electron chi connectivity index (χ4n) is 4.10. The molecule has 0 unspecified atom stereocenters. The lowest BCUT2D eigenvalue weighted by Gasteiger charge is -2.19. The van der Waals surface area contributed by atoms with Gasteiger partial charge in [0.05, 0.1) is 25.6 Å². The number of ether oxygens (including phenoxy) is 1. The van der Waals surface area contributed by atoms with E-state index in [0.717, 1.165) is 17.8 Å². The van der Waals surface area contributed by atoms with E-state index in [1.165, 1.54) is 22.3 Å². The molecular formula is C27H33N3O3. The van der Waals surface area contributed by atoms with Crippen molar-refractivity contribution in [3.63, 3.8) is 0 Å². The number of nitrogens with zero attached hydrogens (tertiary/aromatic N) is 1. The van der Waals surface area contributed by atoms with Crippen LogP contribution in [0, 0.1) is 20.8 Å². The lowest BCUT2D eigenvalue weighted by Crippen LogP contribution is -2.38. The number of hydrogen-bond donors (Lipinski definition) is 2. The molecular weight excluding hydrogens is 414 g/mol. The van der Waals surface area contributed by atoms with E-state index in [1.54, 1.807) is 6.92 Å². The van der Waals surface area contributed by atoms with Gasteiger partial charge in [0.25, 0.3) is 0 Å². The van der Waals surface area contributed by atoms with E-state index in [9.17, 15) is 9.59 Å². The molecule has 0 fully saturated rings. The highest BCUT2D eigenvalue weighted by Gasteiger charge is 2.19. The second-order valence-corrected chi connectivity index (χ2v) is 8.30. The third-order valence-electron chi connectivity index (χ3n) is 5.71. The number of aryl methyl sites for hydroxylation is 3. The first-order valence-corrected chi connectivity index (χ1v) is 11.3. The number of carbonyl (C=O) groups excluding carboxylic acids is 2. The van der Waals surface area contributed by atoms with Gasteiger partial charge in [-0.25, -0.2) is 4.79 Å². The molecule has 0 bridgehead atoms. The van der Waals surface area contributed by atoms with E-state index in [-0.39, 0.29) is 18.4 Å². The number of rotatable bonds is 9. The van der Waals surface area contributed by atoms with E-state index in [4.69, 9.17) is 4.74 Å². The second kappa shape index (κ2) is 11.4. The molecule has 0 aliphatic rings. The Morgan fingerprint density at radius 2 is 1.70 bits per heavy atom. The number of aromatic nitrogens is 1. The molecule has 0 saturated heterocycles. The van der Waals surface area contributed by atoms with Gasteiger partial charge in [0.1, 0.15) is 0 Å². The van der Waals surface area contributed by atoms with Crippen molar-refractivity contribution in [1.29, 1.82) is 0 Å². The highest BCUT2D eigenvalue weighted by molar-refractivity contribution is 5.76. The molecule has 0 aliphatic heterocycles. The van der Waals surface area contributed by atoms with Crippen molar-refractivity contribution in [2.75, 3.05) is 6.61 Å². The first-order valence-electron chi connectivity index (χ1n) is 11.3. The van der Waals surface area contributed by atoms with Crippen LogP contribution in [-0.4, -0.2) is 23.2 Å². The maximum Gasteiger partial charge on any atom is 0.315 e. The molecule has 3 aromatic rings. The molecule has 2 N–H and O–H groups in total. The molecule has 6 heteroatoms. The predicted molar refractivity (Wildman–Crippen MR) is 130 cm³/mol. The Kier molecular flexibility index (Phi) is 8.30. The summed E-state index contributed by atoms with van der Waals surface area (Å²) in [6.07, 6.45) is 2.11. The molecule has 33 heavy (non-hydrogen) atoms. The van der Waals surface area contributed by atoms with Gasteiger partial charge in [-0.2, -0.15) is 0 Å². The predicted octanol–water partition coefficient (Wildman–Crippen LogP) is 4.96. The van der Waals surface area contributed by atoms with Gasteiger partial charge < -0.3 is 19.9 Å². The summed E-state index contributed by atoms with van der Waals surface area (Å²) in [4.78, 5) is 24.7. The van der Waals surface area contributed by atoms with Gasteiger partial charge in [-0.15, -0.1) is 0 Å². The molecule has 0 radical (unpaired) electrons. The Bertz CT molecular complexity index is 1070. The molecule has 1 aromatic heterocycles. The average molecular weight is 448 g/mol. The lowest BCUT2D eigenvalue weighted by atomic mass is 10.00. The Labute approximate surface area is 196 Å². The van der Waals surface area contributed by atoms with Crippen molar-refractivity contribution in [2.24, 2.45) is 0 Å². The molecule has 0 saturated carbocycles. The monoisotopic (exact) mass is 447 g/mol. The molecule has 1 atom stereocenters. The fourth-order valence-corrected chi connectivity index (χ4v) is 4.10. The minimum Gasteiger partial charge on any atom is -0.466 e. The van der Waals surface area contributed by atoms with Gasteiger partial charge >= 0.3 is 12.0 Å². The maximum atomic E-state index is 12.7. The van der Waals surface area contributed by atoms with Crippen LogP contribution in [0.25, 0.3) is 0 Å². The SMILES string of the molecule is CCOC(=O)C[C@H](NC(=O)NCc1cccn1Cc1c(C)cc(C)cc1C)c1ccccc1. The molecule has 3 rings (SSSR count). The standard InChI is InChI=1S/C27H33N3O3/c1-5-33-26(31)16-25(22-10-7-6-8-11-22)29-27(32)28-17-23-12-9-13-30(23)18-24-20(3)14-19(2)15-21(24)4/h6-15,25H,5,16-18H2,1-4H3,(H2,28,29,32)/t25-/m0/s1. The van der Waals surface area contributed by atoms with Crippen LogP contribution < -0.4 is 10.6 Å². The van der Waals surface area contributed by atoms with Crippen molar-refractivity contribution in [1.82, 2.24) is 15.2 Å². The summed E-state index contributed by atoms with van der Waals surface area (Å²) < 4.78 is 7.23. The van der Waals surface area contributed by atoms with E-state index < -0.39 is 6.04 Å². The van der Waals surface area contributed by atoms with Gasteiger partial charge in [0.15, 0.2) is 0 Å². The zero-order valence-electron chi connectivity index (χ0n) is 19.9. The molecule has 2 amide bonds. The topological polar surface area (TPSA) is 72.4 Å². The largest absolute Gasteiger partial charge is 0.466 e. The van der Waals surface area contributed by atoms with Crippen molar-refractivity contribution in [3.8, 4) is 0 Å². The lowest BCUT2D eigenvalue weighted by molar-refractivity contribution is -0.143. The smallest absolute Gasteiger partial charge is 0.315 e. The summed E-state index contributed by atoms with van der Waals surface area (Å²) in [5.41, 5.74) is 6.95. The number of amides is 2.